The molecule has 106 valence electrons. The van der Waals surface area contributed by atoms with Crippen LogP contribution in [0.5, 0.6) is 17.4 Å². The summed E-state index contributed by atoms with van der Waals surface area (Å²) < 4.78 is 11.3. The quantitative estimate of drug-likeness (QED) is 0.793. The zero-order valence-electron chi connectivity index (χ0n) is 11.6. The van der Waals surface area contributed by atoms with Crippen LogP contribution < -0.4 is 15.2 Å². The zero-order chi connectivity index (χ0) is 14.7. The van der Waals surface area contributed by atoms with Gasteiger partial charge in [0.25, 0.3) is 0 Å². The molecule has 0 atom stereocenters. The summed E-state index contributed by atoms with van der Waals surface area (Å²) >= 11 is 0. The van der Waals surface area contributed by atoms with Crippen LogP contribution in [0.3, 0.4) is 0 Å². The molecule has 5 nitrogen and oxygen atoms in total. The van der Waals surface area contributed by atoms with E-state index in [2.05, 4.69) is 9.97 Å². The third-order valence-corrected chi connectivity index (χ3v) is 2.92. The average Bonchev–Trinajstić information content (AvgIpc) is 2.48. The van der Waals surface area contributed by atoms with Crippen molar-refractivity contribution in [1.82, 2.24) is 9.97 Å². The van der Waals surface area contributed by atoms with Gasteiger partial charge in [0.1, 0.15) is 11.5 Å². The maximum Gasteiger partial charge on any atom is 0.231 e. The highest BCUT2D eigenvalue weighted by atomic mass is 16.5. The fourth-order valence-electron chi connectivity index (χ4n) is 2.05. The Hall–Kier alpha value is -2.82. The minimum absolute atomic E-state index is 0.185. The first-order valence-electron chi connectivity index (χ1n) is 6.69. The first kappa shape index (κ1) is 13.2. The van der Waals surface area contributed by atoms with E-state index in [1.807, 2.05) is 55.5 Å². The fraction of sp³-hybridized carbons (Fsp3) is 0.125. The van der Waals surface area contributed by atoms with Gasteiger partial charge in [-0.3, -0.25) is 0 Å². The third kappa shape index (κ3) is 2.86. The SMILES string of the molecule is CCOc1cccc(Oc2nc(N)nc3ccccc23)c1. The summed E-state index contributed by atoms with van der Waals surface area (Å²) in [5.74, 6) is 2.02. The van der Waals surface area contributed by atoms with Gasteiger partial charge in [-0.1, -0.05) is 18.2 Å². The summed E-state index contributed by atoms with van der Waals surface area (Å²) in [6.07, 6.45) is 0. The number of para-hydroxylation sites is 1. The number of hydrogen-bond acceptors (Lipinski definition) is 5. The van der Waals surface area contributed by atoms with Crippen molar-refractivity contribution in [3.05, 3.63) is 48.5 Å². The molecule has 0 saturated carbocycles. The largest absolute Gasteiger partial charge is 0.494 e. The van der Waals surface area contributed by atoms with Gasteiger partial charge in [-0.25, -0.2) is 4.98 Å². The molecule has 2 aromatic carbocycles. The highest BCUT2D eigenvalue weighted by Crippen LogP contribution is 2.29. The number of nitrogens with two attached hydrogens (primary N) is 1. The highest BCUT2D eigenvalue weighted by molar-refractivity contribution is 5.84. The Balaban J connectivity index is 1.99. The van der Waals surface area contributed by atoms with Gasteiger partial charge in [0, 0.05) is 6.07 Å². The lowest BCUT2D eigenvalue weighted by atomic mass is 10.2. The normalized spacial score (nSPS) is 10.5. The van der Waals surface area contributed by atoms with Crippen molar-refractivity contribution in [2.75, 3.05) is 12.3 Å². The number of benzene rings is 2. The molecule has 0 unspecified atom stereocenters. The number of ether oxygens (including phenoxy) is 2. The fourth-order valence-corrected chi connectivity index (χ4v) is 2.05. The molecule has 3 rings (SSSR count). The molecule has 0 aliphatic heterocycles. The standard InChI is InChI=1S/C16H15N3O2/c1-2-20-11-6-5-7-12(10-11)21-15-13-8-3-4-9-14(13)18-16(17)19-15/h3-10H,2H2,1H3,(H2,17,18,19). The molecule has 2 N–H and O–H groups in total. The van der Waals surface area contributed by atoms with Crippen molar-refractivity contribution in [2.24, 2.45) is 0 Å². The Morgan fingerprint density at radius 3 is 2.67 bits per heavy atom. The number of nitrogens with zero attached hydrogens (tertiary/aromatic N) is 2. The van der Waals surface area contributed by atoms with Crippen molar-refractivity contribution in [3.8, 4) is 17.4 Å². The van der Waals surface area contributed by atoms with E-state index in [4.69, 9.17) is 15.2 Å². The van der Waals surface area contributed by atoms with Crippen LogP contribution in [0.2, 0.25) is 0 Å². The van der Waals surface area contributed by atoms with Gasteiger partial charge in [-0.2, -0.15) is 4.98 Å². The zero-order valence-corrected chi connectivity index (χ0v) is 11.6. The topological polar surface area (TPSA) is 70.3 Å². The van der Waals surface area contributed by atoms with Crippen LogP contribution in [-0.2, 0) is 0 Å². The molecule has 3 aromatic rings. The number of rotatable bonds is 4. The molecule has 21 heavy (non-hydrogen) atoms. The summed E-state index contributed by atoms with van der Waals surface area (Å²) in [5, 5.41) is 0.813. The van der Waals surface area contributed by atoms with Crippen LogP contribution in [0.25, 0.3) is 10.9 Å². The second-order valence-corrected chi connectivity index (χ2v) is 4.41. The molecule has 0 saturated heterocycles. The highest BCUT2D eigenvalue weighted by Gasteiger charge is 2.08. The number of aromatic nitrogens is 2. The molecule has 5 heteroatoms. The van der Waals surface area contributed by atoms with E-state index in [0.29, 0.717) is 18.2 Å². The third-order valence-electron chi connectivity index (χ3n) is 2.92. The number of nitrogen functional groups attached to an aromatic ring is 1. The summed E-state index contributed by atoms with van der Waals surface area (Å²) in [5.41, 5.74) is 6.48. The summed E-state index contributed by atoms with van der Waals surface area (Å²) in [4.78, 5) is 8.36. The summed E-state index contributed by atoms with van der Waals surface area (Å²) in [6, 6.07) is 15.0. The summed E-state index contributed by atoms with van der Waals surface area (Å²) in [6.45, 7) is 2.54. The Kier molecular flexibility index (Phi) is 3.55. The molecule has 0 spiro atoms. The Morgan fingerprint density at radius 2 is 1.81 bits per heavy atom. The monoisotopic (exact) mass is 281 g/mol. The van der Waals surface area contributed by atoms with E-state index in [0.717, 1.165) is 16.7 Å². The Morgan fingerprint density at radius 1 is 1.00 bits per heavy atom. The van der Waals surface area contributed by atoms with Crippen LogP contribution in [0.1, 0.15) is 6.92 Å². The van der Waals surface area contributed by atoms with Crippen molar-refractivity contribution in [1.29, 1.82) is 0 Å². The van der Waals surface area contributed by atoms with Gasteiger partial charge in [-0.15, -0.1) is 0 Å². The van der Waals surface area contributed by atoms with Crippen LogP contribution in [-0.4, -0.2) is 16.6 Å². The van der Waals surface area contributed by atoms with Gasteiger partial charge in [0.2, 0.25) is 11.8 Å². The van der Waals surface area contributed by atoms with E-state index in [9.17, 15) is 0 Å². The number of anilines is 1. The molecule has 0 bridgehead atoms. The molecule has 0 fully saturated rings. The van der Waals surface area contributed by atoms with Crippen molar-refractivity contribution >= 4 is 16.9 Å². The molecule has 1 aromatic heterocycles. The molecular formula is C16H15N3O2. The van der Waals surface area contributed by atoms with Crippen LogP contribution >= 0.6 is 0 Å². The van der Waals surface area contributed by atoms with Gasteiger partial charge in [0.05, 0.1) is 17.5 Å². The first-order chi connectivity index (χ1) is 10.3. The molecule has 0 aliphatic rings. The molecule has 0 aliphatic carbocycles. The second-order valence-electron chi connectivity index (χ2n) is 4.41. The minimum atomic E-state index is 0.185. The van der Waals surface area contributed by atoms with Gasteiger partial charge in [-0.05, 0) is 31.2 Å². The van der Waals surface area contributed by atoms with Crippen molar-refractivity contribution in [2.45, 2.75) is 6.92 Å². The summed E-state index contributed by atoms with van der Waals surface area (Å²) in [7, 11) is 0. The van der Waals surface area contributed by atoms with E-state index < -0.39 is 0 Å². The molecule has 1 heterocycles. The maximum absolute atomic E-state index is 5.85. The lowest BCUT2D eigenvalue weighted by molar-refractivity contribution is 0.338. The lowest BCUT2D eigenvalue weighted by Crippen LogP contribution is -1.98. The van der Waals surface area contributed by atoms with E-state index in [-0.39, 0.29) is 5.95 Å². The van der Waals surface area contributed by atoms with E-state index in [1.165, 1.54) is 0 Å². The first-order valence-corrected chi connectivity index (χ1v) is 6.69. The van der Waals surface area contributed by atoms with E-state index in [1.54, 1.807) is 0 Å². The van der Waals surface area contributed by atoms with Gasteiger partial charge < -0.3 is 15.2 Å². The van der Waals surface area contributed by atoms with Gasteiger partial charge in [0.15, 0.2) is 0 Å². The number of hydrogen-bond donors (Lipinski definition) is 1. The predicted molar refractivity (Wildman–Crippen MR) is 81.6 cm³/mol. The van der Waals surface area contributed by atoms with Crippen molar-refractivity contribution in [3.63, 3.8) is 0 Å². The number of fused-ring (bicyclic) bond motifs is 1. The van der Waals surface area contributed by atoms with Crippen molar-refractivity contribution < 1.29 is 9.47 Å². The predicted octanol–water partition coefficient (Wildman–Crippen LogP) is 3.40. The maximum atomic E-state index is 5.85. The lowest BCUT2D eigenvalue weighted by Gasteiger charge is -2.09. The van der Waals surface area contributed by atoms with E-state index >= 15 is 0 Å². The smallest absolute Gasteiger partial charge is 0.231 e. The van der Waals surface area contributed by atoms with Gasteiger partial charge >= 0.3 is 0 Å². The van der Waals surface area contributed by atoms with Crippen LogP contribution in [0.4, 0.5) is 5.95 Å². The molecular weight excluding hydrogens is 266 g/mol. The Labute approximate surface area is 122 Å². The minimum Gasteiger partial charge on any atom is -0.494 e. The van der Waals surface area contributed by atoms with Crippen LogP contribution in [0, 0.1) is 0 Å². The second kappa shape index (κ2) is 5.66. The molecule has 0 radical (unpaired) electrons. The molecule has 0 amide bonds. The van der Waals surface area contributed by atoms with Crippen LogP contribution in [0.15, 0.2) is 48.5 Å². The average molecular weight is 281 g/mol. The Bertz CT molecular complexity index is 774.